The van der Waals surface area contributed by atoms with Crippen LogP contribution in [-0.4, -0.2) is 27.2 Å². The third-order valence-electron chi connectivity index (χ3n) is 3.10. The molecule has 0 radical (unpaired) electrons. The van der Waals surface area contributed by atoms with Crippen LogP contribution in [0.5, 0.6) is 5.75 Å². The number of halogens is 1. The number of rotatable bonds is 4. The fraction of sp³-hybridized carbons (Fsp3) is 0.0667. The van der Waals surface area contributed by atoms with Crippen LogP contribution in [0.3, 0.4) is 0 Å². The minimum atomic E-state index is -0.518. The van der Waals surface area contributed by atoms with Crippen molar-refractivity contribution in [2.24, 2.45) is 0 Å². The summed E-state index contributed by atoms with van der Waals surface area (Å²) in [5.74, 6) is 0.00320. The highest BCUT2D eigenvalue weighted by atomic mass is 79.9. The molecule has 1 aromatic carbocycles. The van der Waals surface area contributed by atoms with Gasteiger partial charge in [-0.05, 0) is 52.4 Å². The number of aromatic nitrogens is 3. The van der Waals surface area contributed by atoms with E-state index in [0.29, 0.717) is 16.8 Å². The first-order valence-electron chi connectivity index (χ1n) is 6.83. The predicted molar refractivity (Wildman–Crippen MR) is 95.2 cm³/mol. The molecule has 3 aromatic rings. The van der Waals surface area contributed by atoms with E-state index in [4.69, 9.17) is 17.0 Å². The number of benzene rings is 1. The number of amides is 1. The van der Waals surface area contributed by atoms with Crippen molar-refractivity contribution in [2.45, 2.75) is 0 Å². The summed E-state index contributed by atoms with van der Waals surface area (Å²) in [6, 6.07) is 10.4. The van der Waals surface area contributed by atoms with Gasteiger partial charge < -0.3 is 9.72 Å². The van der Waals surface area contributed by atoms with Crippen LogP contribution in [0.2, 0.25) is 0 Å². The molecule has 3 rings (SSSR count). The Bertz CT molecular complexity index is 1030. The van der Waals surface area contributed by atoms with Crippen LogP contribution in [-0.2, 0) is 4.79 Å². The van der Waals surface area contributed by atoms with Gasteiger partial charge >= 0.3 is 0 Å². The number of nitrogens with zero attached hydrogens (tertiary/aromatic N) is 2. The van der Waals surface area contributed by atoms with Gasteiger partial charge in [0.1, 0.15) is 11.4 Å². The second kappa shape index (κ2) is 6.93. The Morgan fingerprint density at radius 1 is 1.33 bits per heavy atom. The van der Waals surface area contributed by atoms with Gasteiger partial charge in [0.05, 0.1) is 9.86 Å². The Hall–Kier alpha value is -2.52. The average molecular weight is 407 g/mol. The van der Waals surface area contributed by atoms with Gasteiger partial charge in [-0.3, -0.25) is 15.0 Å². The maximum Gasteiger partial charge on any atom is 0.282 e. The van der Waals surface area contributed by atoms with E-state index >= 15 is 0 Å². The molecule has 1 amide bonds. The standard InChI is InChI=1S/C15H11BrN4O3S/c16-10-5-1-2-6-11(10)23-8-12(21)19-20-14(22)9-4-3-7-17-13(9)18-15(20)24/h1-7H,8H2,(H,19,21)(H,17,18,24). The van der Waals surface area contributed by atoms with E-state index in [1.807, 2.05) is 6.07 Å². The molecule has 0 aliphatic heterocycles. The van der Waals surface area contributed by atoms with E-state index in [1.54, 1.807) is 36.5 Å². The van der Waals surface area contributed by atoms with E-state index in [-0.39, 0.29) is 11.4 Å². The van der Waals surface area contributed by atoms with Crippen molar-refractivity contribution in [1.82, 2.24) is 14.6 Å². The Morgan fingerprint density at radius 3 is 2.92 bits per heavy atom. The van der Waals surface area contributed by atoms with Crippen molar-refractivity contribution in [2.75, 3.05) is 12.0 Å². The van der Waals surface area contributed by atoms with Gasteiger partial charge in [-0.25, -0.2) is 4.98 Å². The fourth-order valence-electron chi connectivity index (χ4n) is 2.01. The molecule has 0 aliphatic rings. The van der Waals surface area contributed by atoms with Crippen LogP contribution in [0.1, 0.15) is 0 Å². The molecule has 2 N–H and O–H groups in total. The summed E-state index contributed by atoms with van der Waals surface area (Å²) in [4.78, 5) is 31.3. The number of H-pyrrole nitrogens is 1. The number of hydrogen-bond acceptors (Lipinski definition) is 5. The Labute approximate surface area is 149 Å². The summed E-state index contributed by atoms with van der Waals surface area (Å²) in [5.41, 5.74) is 2.32. The number of nitrogens with one attached hydrogen (secondary N) is 2. The molecular formula is C15H11BrN4O3S. The van der Waals surface area contributed by atoms with Gasteiger partial charge in [-0.15, -0.1) is 0 Å². The Balaban J connectivity index is 1.80. The van der Waals surface area contributed by atoms with E-state index in [9.17, 15) is 9.59 Å². The van der Waals surface area contributed by atoms with Gasteiger partial charge in [0, 0.05) is 6.20 Å². The summed E-state index contributed by atoms with van der Waals surface area (Å²) in [7, 11) is 0. The van der Waals surface area contributed by atoms with Crippen LogP contribution >= 0.6 is 28.1 Å². The molecular weight excluding hydrogens is 396 g/mol. The second-order valence-corrected chi connectivity index (χ2v) is 5.97. The number of pyridine rings is 1. The lowest BCUT2D eigenvalue weighted by atomic mass is 10.3. The molecule has 122 valence electrons. The highest BCUT2D eigenvalue weighted by molar-refractivity contribution is 9.10. The smallest absolute Gasteiger partial charge is 0.282 e. The van der Waals surface area contributed by atoms with Gasteiger partial charge in [0.25, 0.3) is 11.5 Å². The first-order valence-corrected chi connectivity index (χ1v) is 8.03. The number of carbonyl (C=O) groups is 1. The molecule has 7 nitrogen and oxygen atoms in total. The number of para-hydroxylation sites is 1. The van der Waals surface area contributed by atoms with Crippen molar-refractivity contribution in [1.29, 1.82) is 0 Å². The third-order valence-corrected chi connectivity index (χ3v) is 4.04. The zero-order valence-corrected chi connectivity index (χ0v) is 14.6. The fourth-order valence-corrected chi connectivity index (χ4v) is 2.64. The van der Waals surface area contributed by atoms with Gasteiger partial charge in [0.2, 0.25) is 4.77 Å². The summed E-state index contributed by atoms with van der Waals surface area (Å²) >= 11 is 8.41. The van der Waals surface area contributed by atoms with E-state index in [1.165, 1.54) is 0 Å². The first kappa shape index (κ1) is 16.3. The number of hydrogen-bond donors (Lipinski definition) is 2. The zero-order chi connectivity index (χ0) is 17.1. The summed E-state index contributed by atoms with van der Waals surface area (Å²) < 4.78 is 7.14. The lowest BCUT2D eigenvalue weighted by Crippen LogP contribution is -2.36. The molecule has 0 saturated heterocycles. The van der Waals surface area contributed by atoms with Crippen molar-refractivity contribution in [3.63, 3.8) is 0 Å². The number of carbonyl (C=O) groups excluding carboxylic acids is 1. The van der Waals surface area contributed by atoms with Crippen LogP contribution in [0.4, 0.5) is 0 Å². The normalized spacial score (nSPS) is 10.5. The SMILES string of the molecule is O=C(COc1ccccc1Br)Nn1c(=S)[nH]c2ncccc2c1=O. The predicted octanol–water partition coefficient (Wildman–Crippen LogP) is 2.37. The Morgan fingerprint density at radius 2 is 2.12 bits per heavy atom. The van der Waals surface area contributed by atoms with Gasteiger partial charge in [-0.2, -0.15) is 4.68 Å². The molecule has 9 heteroatoms. The molecule has 0 unspecified atom stereocenters. The topological polar surface area (TPSA) is 89.0 Å². The quantitative estimate of drug-likeness (QED) is 0.649. The molecule has 0 atom stereocenters. The highest BCUT2D eigenvalue weighted by Crippen LogP contribution is 2.23. The molecule has 24 heavy (non-hydrogen) atoms. The molecule has 2 aromatic heterocycles. The molecule has 2 heterocycles. The van der Waals surface area contributed by atoms with Gasteiger partial charge in [-0.1, -0.05) is 12.1 Å². The zero-order valence-electron chi connectivity index (χ0n) is 12.2. The van der Waals surface area contributed by atoms with Crippen molar-refractivity contribution >= 4 is 45.1 Å². The lowest BCUT2D eigenvalue weighted by molar-refractivity contribution is -0.119. The van der Waals surface area contributed by atoms with E-state index in [0.717, 1.165) is 9.15 Å². The molecule has 0 fully saturated rings. The maximum atomic E-state index is 12.4. The van der Waals surface area contributed by atoms with E-state index in [2.05, 4.69) is 31.3 Å². The molecule has 0 saturated carbocycles. The largest absolute Gasteiger partial charge is 0.483 e. The van der Waals surface area contributed by atoms with Gasteiger partial charge in [0.15, 0.2) is 6.61 Å². The Kier molecular flexibility index (Phi) is 4.72. The third kappa shape index (κ3) is 3.36. The minimum Gasteiger partial charge on any atom is -0.483 e. The molecule has 0 bridgehead atoms. The van der Waals surface area contributed by atoms with Crippen LogP contribution in [0, 0.1) is 4.77 Å². The summed E-state index contributed by atoms with van der Waals surface area (Å²) in [6.45, 7) is -0.269. The monoisotopic (exact) mass is 406 g/mol. The summed E-state index contributed by atoms with van der Waals surface area (Å²) in [5, 5.41) is 0.318. The summed E-state index contributed by atoms with van der Waals surface area (Å²) in [6.07, 6.45) is 1.54. The maximum absolute atomic E-state index is 12.4. The second-order valence-electron chi connectivity index (χ2n) is 4.72. The highest BCUT2D eigenvalue weighted by Gasteiger charge is 2.10. The number of fused-ring (bicyclic) bond motifs is 1. The van der Waals surface area contributed by atoms with Crippen LogP contribution in [0.25, 0.3) is 11.0 Å². The molecule has 0 aliphatic carbocycles. The van der Waals surface area contributed by atoms with Crippen molar-refractivity contribution in [3.05, 3.63) is 62.2 Å². The number of aromatic amines is 1. The number of ether oxygens (including phenoxy) is 1. The van der Waals surface area contributed by atoms with E-state index < -0.39 is 11.5 Å². The first-order chi connectivity index (χ1) is 11.6. The van der Waals surface area contributed by atoms with Crippen molar-refractivity contribution < 1.29 is 9.53 Å². The van der Waals surface area contributed by atoms with Crippen LogP contribution < -0.4 is 15.7 Å². The van der Waals surface area contributed by atoms with Crippen LogP contribution in [0.15, 0.2) is 51.9 Å². The average Bonchev–Trinajstić information content (AvgIpc) is 2.58. The van der Waals surface area contributed by atoms with Crippen molar-refractivity contribution in [3.8, 4) is 5.75 Å². The molecule has 0 spiro atoms. The minimum absolute atomic E-state index is 0.0421. The lowest BCUT2D eigenvalue weighted by Gasteiger charge is -2.11.